The molecule has 0 aliphatic carbocycles. The molecule has 1 aliphatic heterocycles. The zero-order valence-electron chi connectivity index (χ0n) is 14.2. The molecule has 3 heterocycles. The van der Waals surface area contributed by atoms with E-state index in [0.717, 1.165) is 38.9 Å². The summed E-state index contributed by atoms with van der Waals surface area (Å²) < 4.78 is 12.8. The predicted octanol–water partition coefficient (Wildman–Crippen LogP) is 1.70. The Bertz CT molecular complexity index is 748. The van der Waals surface area contributed by atoms with Gasteiger partial charge in [-0.3, -0.25) is 4.57 Å². The van der Waals surface area contributed by atoms with Crippen molar-refractivity contribution in [2.45, 2.75) is 52.2 Å². The number of hydrogen-bond donors (Lipinski definition) is 2. The lowest BCUT2D eigenvalue weighted by molar-refractivity contribution is 0.0612. The van der Waals surface area contributed by atoms with Crippen molar-refractivity contribution in [1.29, 1.82) is 0 Å². The summed E-state index contributed by atoms with van der Waals surface area (Å²) in [7, 11) is 0. The van der Waals surface area contributed by atoms with Crippen LogP contribution in [0.5, 0.6) is 6.01 Å². The fourth-order valence-electron chi connectivity index (χ4n) is 3.09. The van der Waals surface area contributed by atoms with Crippen LogP contribution in [-0.2, 0) is 11.3 Å². The average molecular weight is 335 g/mol. The number of ether oxygens (including phenoxy) is 2. The first-order valence-corrected chi connectivity index (χ1v) is 8.59. The first-order valence-electron chi connectivity index (χ1n) is 8.59. The molecule has 2 aromatic heterocycles. The van der Waals surface area contributed by atoms with E-state index in [-0.39, 0.29) is 23.6 Å². The number of nitrogen functional groups attached to an aromatic ring is 1. The topological polar surface area (TPSA) is 108 Å². The van der Waals surface area contributed by atoms with Gasteiger partial charge in [0.2, 0.25) is 0 Å². The summed E-state index contributed by atoms with van der Waals surface area (Å²) in [5.74, 6) is 0.636. The van der Waals surface area contributed by atoms with E-state index in [1.165, 1.54) is 0 Å². The molecule has 132 valence electrons. The van der Waals surface area contributed by atoms with E-state index >= 15 is 0 Å². The second-order valence-corrected chi connectivity index (χ2v) is 6.40. The van der Waals surface area contributed by atoms with Gasteiger partial charge in [0.15, 0.2) is 11.5 Å². The monoisotopic (exact) mass is 335 g/mol. The lowest BCUT2D eigenvalue weighted by Gasteiger charge is -2.22. The number of fused-ring (bicyclic) bond motifs is 1. The number of nitrogens with two attached hydrogens (primary N) is 1. The van der Waals surface area contributed by atoms with Gasteiger partial charge in [-0.05, 0) is 32.1 Å². The molecule has 1 aliphatic rings. The van der Waals surface area contributed by atoms with Crippen molar-refractivity contribution in [2.24, 2.45) is 5.92 Å². The van der Waals surface area contributed by atoms with Gasteiger partial charge in [-0.15, -0.1) is 0 Å². The second kappa shape index (κ2) is 7.21. The molecule has 1 unspecified atom stereocenters. The van der Waals surface area contributed by atoms with Crippen molar-refractivity contribution in [3.8, 4) is 6.01 Å². The summed E-state index contributed by atoms with van der Waals surface area (Å²) >= 11 is 0. The fourth-order valence-corrected chi connectivity index (χ4v) is 3.09. The van der Waals surface area contributed by atoms with Crippen LogP contribution in [0, 0.1) is 5.92 Å². The highest BCUT2D eigenvalue weighted by molar-refractivity contribution is 5.81. The molecular formula is C16H25N5O3. The fraction of sp³-hybridized carbons (Fsp3) is 0.688. The zero-order valence-corrected chi connectivity index (χ0v) is 14.2. The standard InChI is InChI=1S/C16H25N5O3/c1-3-4-10(2)24-15-19-13(17)12-14(20-15)21(16(22)18-12)9-11-5-7-23-8-6-11/h10-11H,3-9H2,1-2H3,(H,18,22)(H2,17,19,20). The van der Waals surface area contributed by atoms with E-state index < -0.39 is 0 Å². The molecule has 3 N–H and O–H groups in total. The minimum atomic E-state index is -0.212. The normalized spacial score (nSPS) is 17.2. The van der Waals surface area contributed by atoms with Crippen molar-refractivity contribution in [3.05, 3.63) is 10.5 Å². The molecule has 0 spiro atoms. The predicted molar refractivity (Wildman–Crippen MR) is 91.1 cm³/mol. The van der Waals surface area contributed by atoms with Crippen molar-refractivity contribution < 1.29 is 9.47 Å². The van der Waals surface area contributed by atoms with Gasteiger partial charge in [0.1, 0.15) is 5.52 Å². The molecule has 1 fully saturated rings. The molecule has 0 saturated carbocycles. The van der Waals surface area contributed by atoms with Gasteiger partial charge < -0.3 is 20.2 Å². The maximum Gasteiger partial charge on any atom is 0.327 e. The van der Waals surface area contributed by atoms with E-state index in [9.17, 15) is 4.79 Å². The molecule has 8 heteroatoms. The minimum absolute atomic E-state index is 0.00135. The van der Waals surface area contributed by atoms with Gasteiger partial charge in [-0.1, -0.05) is 13.3 Å². The SMILES string of the molecule is CCCC(C)Oc1nc(N)c2[nH]c(=O)n(CC3CCOCC3)c2n1. The van der Waals surface area contributed by atoms with Gasteiger partial charge in [0, 0.05) is 19.8 Å². The van der Waals surface area contributed by atoms with Crippen LogP contribution in [-0.4, -0.2) is 38.8 Å². The van der Waals surface area contributed by atoms with Crippen molar-refractivity contribution in [3.63, 3.8) is 0 Å². The summed E-state index contributed by atoms with van der Waals surface area (Å²) in [6.07, 6.45) is 3.80. The van der Waals surface area contributed by atoms with E-state index in [0.29, 0.717) is 23.6 Å². The van der Waals surface area contributed by atoms with Gasteiger partial charge in [0.05, 0.1) is 6.10 Å². The summed E-state index contributed by atoms with van der Waals surface area (Å²) in [6, 6.07) is 0.223. The number of rotatable bonds is 6. The molecule has 0 radical (unpaired) electrons. The van der Waals surface area contributed by atoms with Crippen molar-refractivity contribution >= 4 is 17.0 Å². The Morgan fingerprint density at radius 2 is 2.17 bits per heavy atom. The molecule has 3 rings (SSSR count). The Hall–Kier alpha value is -2.09. The van der Waals surface area contributed by atoms with E-state index in [2.05, 4.69) is 21.9 Å². The smallest absolute Gasteiger partial charge is 0.327 e. The number of aromatic amines is 1. The third kappa shape index (κ3) is 3.53. The van der Waals surface area contributed by atoms with E-state index in [4.69, 9.17) is 15.2 Å². The molecule has 2 aromatic rings. The highest BCUT2D eigenvalue weighted by atomic mass is 16.5. The third-order valence-electron chi connectivity index (χ3n) is 4.41. The van der Waals surface area contributed by atoms with Gasteiger partial charge in [-0.25, -0.2) is 4.79 Å². The number of nitrogens with one attached hydrogen (secondary N) is 1. The molecule has 1 saturated heterocycles. The summed E-state index contributed by atoms with van der Waals surface area (Å²) in [5, 5.41) is 0. The Kier molecular flexibility index (Phi) is 5.03. The molecule has 0 aromatic carbocycles. The molecule has 0 bridgehead atoms. The molecule has 8 nitrogen and oxygen atoms in total. The first-order chi connectivity index (χ1) is 11.6. The molecule has 1 atom stereocenters. The number of aromatic nitrogens is 4. The van der Waals surface area contributed by atoms with Crippen molar-refractivity contribution in [2.75, 3.05) is 18.9 Å². The largest absolute Gasteiger partial charge is 0.460 e. The highest BCUT2D eigenvalue weighted by Crippen LogP contribution is 2.22. The summed E-state index contributed by atoms with van der Waals surface area (Å²) in [5.41, 5.74) is 6.76. The lowest BCUT2D eigenvalue weighted by atomic mass is 10.0. The van der Waals surface area contributed by atoms with Crippen LogP contribution in [0.25, 0.3) is 11.2 Å². The van der Waals surface area contributed by atoms with Crippen LogP contribution in [0.3, 0.4) is 0 Å². The van der Waals surface area contributed by atoms with Crippen LogP contribution >= 0.6 is 0 Å². The summed E-state index contributed by atoms with van der Waals surface area (Å²) in [4.78, 5) is 23.7. The average Bonchev–Trinajstić information content (AvgIpc) is 2.86. The number of imidazole rings is 1. The van der Waals surface area contributed by atoms with Gasteiger partial charge in [-0.2, -0.15) is 9.97 Å². The Labute approximate surface area is 140 Å². The number of nitrogens with zero attached hydrogens (tertiary/aromatic N) is 3. The number of hydrogen-bond acceptors (Lipinski definition) is 6. The maximum atomic E-state index is 12.3. The van der Waals surface area contributed by atoms with Gasteiger partial charge in [0.25, 0.3) is 0 Å². The lowest BCUT2D eigenvalue weighted by Crippen LogP contribution is -2.26. The van der Waals surface area contributed by atoms with E-state index in [1.807, 2.05) is 6.92 Å². The zero-order chi connectivity index (χ0) is 17.1. The van der Waals surface area contributed by atoms with E-state index in [1.54, 1.807) is 4.57 Å². The Morgan fingerprint density at radius 1 is 1.42 bits per heavy atom. The second-order valence-electron chi connectivity index (χ2n) is 6.40. The van der Waals surface area contributed by atoms with Crippen LogP contribution in [0.4, 0.5) is 5.82 Å². The Morgan fingerprint density at radius 3 is 2.88 bits per heavy atom. The third-order valence-corrected chi connectivity index (χ3v) is 4.41. The van der Waals surface area contributed by atoms with Crippen LogP contribution in [0.1, 0.15) is 39.5 Å². The first kappa shape index (κ1) is 16.8. The minimum Gasteiger partial charge on any atom is -0.460 e. The van der Waals surface area contributed by atoms with Crippen LogP contribution < -0.4 is 16.2 Å². The van der Waals surface area contributed by atoms with Crippen molar-refractivity contribution in [1.82, 2.24) is 19.5 Å². The molecule has 24 heavy (non-hydrogen) atoms. The molecule has 0 amide bonds. The van der Waals surface area contributed by atoms with Crippen LogP contribution in [0.15, 0.2) is 4.79 Å². The molecular weight excluding hydrogens is 310 g/mol. The number of anilines is 1. The highest BCUT2D eigenvalue weighted by Gasteiger charge is 2.20. The number of H-pyrrole nitrogens is 1. The maximum absolute atomic E-state index is 12.3. The Balaban J connectivity index is 1.91. The quantitative estimate of drug-likeness (QED) is 0.832. The summed E-state index contributed by atoms with van der Waals surface area (Å²) in [6.45, 7) is 6.14. The van der Waals surface area contributed by atoms with Crippen LogP contribution in [0.2, 0.25) is 0 Å². The van der Waals surface area contributed by atoms with Gasteiger partial charge >= 0.3 is 11.7 Å².